The van der Waals surface area contributed by atoms with E-state index in [9.17, 15) is 86.8 Å². The van der Waals surface area contributed by atoms with Crippen LogP contribution in [0.3, 0.4) is 0 Å². The Balaban J connectivity index is 1.34. The third-order valence-corrected chi connectivity index (χ3v) is 10.3. The SMILES string of the molecule is OC[C@H]1O[C@@H](O[C@H]2[C@H](O)[C@@H](O)[C@H](OC[C@H]3O[C@H](O[C@@H]4[C@H](O)[C@@H](O)[C@H](O)O[C@@H]4CO)[C@H](O)[C@@H](O)[C@@H]3O[C@@H]3O[C@H](CO)[C@@H](O)[C@H](O)[C@H]3O)O[C@@H]2CO)[C@H](O)[C@@H](O)[C@H]1O. The molecule has 0 saturated carbocycles. The van der Waals surface area contributed by atoms with Crippen molar-refractivity contribution < 1.29 is 129 Å². The average molecular weight is 829 g/mol. The second kappa shape index (κ2) is 19.6. The summed E-state index contributed by atoms with van der Waals surface area (Å²) in [7, 11) is 0. The van der Waals surface area contributed by atoms with Crippen molar-refractivity contribution >= 4 is 0 Å². The van der Waals surface area contributed by atoms with Gasteiger partial charge in [-0.25, -0.2) is 0 Å². The van der Waals surface area contributed by atoms with E-state index in [0.717, 1.165) is 0 Å². The van der Waals surface area contributed by atoms with Crippen LogP contribution in [0, 0.1) is 0 Å². The molecule has 26 heteroatoms. The van der Waals surface area contributed by atoms with Crippen molar-refractivity contribution in [1.29, 1.82) is 0 Å². The van der Waals surface area contributed by atoms with Gasteiger partial charge in [-0.3, -0.25) is 0 Å². The van der Waals surface area contributed by atoms with Gasteiger partial charge in [0.05, 0.1) is 33.0 Å². The second-order valence-electron chi connectivity index (χ2n) is 14.0. The van der Waals surface area contributed by atoms with E-state index in [2.05, 4.69) is 0 Å². The molecular formula is C30H52O26. The highest BCUT2D eigenvalue weighted by Gasteiger charge is 2.55. The molecule has 5 heterocycles. The van der Waals surface area contributed by atoms with Gasteiger partial charge in [0.2, 0.25) is 0 Å². The molecule has 25 atom stereocenters. The summed E-state index contributed by atoms with van der Waals surface area (Å²) in [5, 5.41) is 175. The van der Waals surface area contributed by atoms with Crippen molar-refractivity contribution in [3.05, 3.63) is 0 Å². The Morgan fingerprint density at radius 1 is 0.304 bits per heavy atom. The summed E-state index contributed by atoms with van der Waals surface area (Å²) in [6.07, 6.45) is -46.2. The van der Waals surface area contributed by atoms with Crippen molar-refractivity contribution in [3.8, 4) is 0 Å². The fraction of sp³-hybridized carbons (Fsp3) is 1.00. The van der Waals surface area contributed by atoms with E-state index in [1.807, 2.05) is 0 Å². The van der Waals surface area contributed by atoms with Crippen LogP contribution in [0.4, 0.5) is 0 Å². The van der Waals surface area contributed by atoms with Crippen LogP contribution in [0.25, 0.3) is 0 Å². The first-order valence-electron chi connectivity index (χ1n) is 17.6. The minimum atomic E-state index is -2.13. The quantitative estimate of drug-likeness (QED) is 0.0819. The summed E-state index contributed by atoms with van der Waals surface area (Å²) in [6, 6.07) is 0. The normalized spacial score (nSPS) is 53.2. The van der Waals surface area contributed by atoms with Crippen molar-refractivity contribution in [2.24, 2.45) is 0 Å². The van der Waals surface area contributed by atoms with Gasteiger partial charge in [0.15, 0.2) is 31.5 Å². The van der Waals surface area contributed by atoms with Crippen LogP contribution in [-0.4, -0.2) is 273 Å². The zero-order chi connectivity index (χ0) is 41.3. The highest BCUT2D eigenvalue weighted by atomic mass is 16.8. The Bertz CT molecular complexity index is 1200. The topological polar surface area (TPSA) is 427 Å². The zero-order valence-corrected chi connectivity index (χ0v) is 29.2. The molecule has 0 amide bonds. The van der Waals surface area contributed by atoms with Crippen molar-refractivity contribution in [3.63, 3.8) is 0 Å². The molecule has 328 valence electrons. The van der Waals surface area contributed by atoms with Crippen molar-refractivity contribution in [2.45, 2.75) is 154 Å². The van der Waals surface area contributed by atoms with Crippen LogP contribution >= 0.6 is 0 Å². The van der Waals surface area contributed by atoms with Crippen molar-refractivity contribution in [1.82, 2.24) is 0 Å². The number of ether oxygens (including phenoxy) is 9. The fourth-order valence-electron chi connectivity index (χ4n) is 6.93. The van der Waals surface area contributed by atoms with Gasteiger partial charge in [-0.15, -0.1) is 0 Å². The van der Waals surface area contributed by atoms with Gasteiger partial charge >= 0.3 is 0 Å². The van der Waals surface area contributed by atoms with Crippen LogP contribution in [0.15, 0.2) is 0 Å². The predicted octanol–water partition coefficient (Wildman–Crippen LogP) is -11.9. The monoisotopic (exact) mass is 828 g/mol. The Kier molecular flexibility index (Phi) is 16.1. The van der Waals surface area contributed by atoms with E-state index >= 15 is 0 Å². The highest BCUT2D eigenvalue weighted by Crippen LogP contribution is 2.34. The summed E-state index contributed by atoms with van der Waals surface area (Å²) in [5.74, 6) is 0. The first kappa shape index (κ1) is 46.0. The molecule has 0 aromatic carbocycles. The van der Waals surface area contributed by atoms with Crippen LogP contribution in [0.2, 0.25) is 0 Å². The van der Waals surface area contributed by atoms with E-state index < -0.39 is 187 Å². The zero-order valence-electron chi connectivity index (χ0n) is 29.2. The molecule has 0 aromatic rings. The number of aliphatic hydroxyl groups excluding tert-OH is 17. The first-order valence-corrected chi connectivity index (χ1v) is 17.6. The summed E-state index contributed by atoms with van der Waals surface area (Å²) in [5.41, 5.74) is 0. The molecule has 0 aliphatic carbocycles. The molecule has 5 aliphatic heterocycles. The van der Waals surface area contributed by atoms with Crippen LogP contribution in [0.5, 0.6) is 0 Å². The Morgan fingerprint density at radius 3 is 1.05 bits per heavy atom. The summed E-state index contributed by atoms with van der Waals surface area (Å²) in [6.45, 7) is -4.39. The third kappa shape index (κ3) is 9.31. The van der Waals surface area contributed by atoms with Gasteiger partial charge in [0.1, 0.15) is 122 Å². The summed E-state index contributed by atoms with van der Waals surface area (Å²) < 4.78 is 49.5. The number of hydrogen-bond acceptors (Lipinski definition) is 26. The molecule has 5 fully saturated rings. The smallest absolute Gasteiger partial charge is 0.187 e. The van der Waals surface area contributed by atoms with Gasteiger partial charge in [0.25, 0.3) is 0 Å². The van der Waals surface area contributed by atoms with Crippen LogP contribution in [-0.2, 0) is 42.6 Å². The maximum atomic E-state index is 11.3. The fourth-order valence-corrected chi connectivity index (χ4v) is 6.93. The number of aliphatic hydroxyl groups is 17. The highest BCUT2D eigenvalue weighted by molar-refractivity contribution is 4.98. The van der Waals surface area contributed by atoms with E-state index in [1.165, 1.54) is 0 Å². The maximum Gasteiger partial charge on any atom is 0.187 e. The molecule has 26 nitrogen and oxygen atoms in total. The van der Waals surface area contributed by atoms with Gasteiger partial charge in [0, 0.05) is 0 Å². The van der Waals surface area contributed by atoms with E-state index in [1.54, 1.807) is 0 Å². The van der Waals surface area contributed by atoms with Crippen LogP contribution < -0.4 is 0 Å². The molecule has 0 spiro atoms. The second-order valence-corrected chi connectivity index (χ2v) is 14.0. The molecule has 56 heavy (non-hydrogen) atoms. The molecule has 5 saturated heterocycles. The van der Waals surface area contributed by atoms with Crippen molar-refractivity contribution in [2.75, 3.05) is 33.0 Å². The number of hydrogen-bond donors (Lipinski definition) is 17. The minimum absolute atomic E-state index is 0.819. The largest absolute Gasteiger partial charge is 0.394 e. The minimum Gasteiger partial charge on any atom is -0.394 e. The van der Waals surface area contributed by atoms with Gasteiger partial charge < -0.3 is 129 Å². The number of rotatable bonds is 13. The molecule has 5 aliphatic rings. The lowest BCUT2D eigenvalue weighted by molar-refractivity contribution is -0.386. The summed E-state index contributed by atoms with van der Waals surface area (Å²) in [4.78, 5) is 0. The molecule has 5 rings (SSSR count). The van der Waals surface area contributed by atoms with Gasteiger partial charge in [-0.1, -0.05) is 0 Å². The molecular weight excluding hydrogens is 776 g/mol. The summed E-state index contributed by atoms with van der Waals surface area (Å²) >= 11 is 0. The first-order chi connectivity index (χ1) is 26.5. The molecule has 17 N–H and O–H groups in total. The van der Waals surface area contributed by atoms with E-state index in [-0.39, 0.29) is 0 Å². The van der Waals surface area contributed by atoms with Gasteiger partial charge in [-0.05, 0) is 0 Å². The lowest BCUT2D eigenvalue weighted by Crippen LogP contribution is -2.67. The molecule has 0 aromatic heterocycles. The lowest BCUT2D eigenvalue weighted by Gasteiger charge is -2.48. The Morgan fingerprint density at radius 2 is 0.625 bits per heavy atom. The van der Waals surface area contributed by atoms with Gasteiger partial charge in [-0.2, -0.15) is 0 Å². The van der Waals surface area contributed by atoms with Crippen LogP contribution in [0.1, 0.15) is 0 Å². The van der Waals surface area contributed by atoms with E-state index in [0.29, 0.717) is 0 Å². The molecule has 0 radical (unpaired) electrons. The molecule has 0 bridgehead atoms. The average Bonchev–Trinajstić information content (AvgIpc) is 3.19. The standard InChI is InChI=1S/C30H52O26/c31-1-6-11(35)13(37)19(43)28(50-6)55-24-9(4-34)52-27(21(45)16(24)40)48-5-10-25(56-29-20(44)14(38)12(36)7(2-32)51-29)17(41)22(46)30(53-10)54-23-8(3-33)49-26(47)18(42)15(23)39/h6-47H,1-5H2/t6-,7-,8-,9-,10-,11+,12-,13+,14+,15-,16-,17-,18-,19-,20-,21-,22-,23+,24-,25-,26-,27-,28+,29+,30-/m1/s1. The Labute approximate surface area is 316 Å². The third-order valence-electron chi connectivity index (χ3n) is 10.3. The maximum absolute atomic E-state index is 11.3. The van der Waals surface area contributed by atoms with E-state index in [4.69, 9.17) is 42.6 Å². The molecule has 0 unspecified atom stereocenters. The predicted molar refractivity (Wildman–Crippen MR) is 167 cm³/mol. The lowest BCUT2D eigenvalue weighted by atomic mass is 9.96. The Hall–Kier alpha value is -1.04.